The summed E-state index contributed by atoms with van der Waals surface area (Å²) >= 11 is 0. The maximum absolute atomic E-state index is 11.9. The van der Waals surface area contributed by atoms with Gasteiger partial charge in [0.1, 0.15) is 6.33 Å². The van der Waals surface area contributed by atoms with Crippen LogP contribution in [0.2, 0.25) is 0 Å². The standard InChI is InChI=1S/C11H17N5O3/c1-8(4-10(17)18)5-12-11(19)15-2-3-16-7-13-14-9(16)6-15/h7-8H,2-6H2,1H3,(H,12,19)(H,17,18). The van der Waals surface area contributed by atoms with Crippen molar-refractivity contribution in [2.45, 2.75) is 26.4 Å². The second-order valence-corrected chi connectivity index (χ2v) is 4.75. The normalized spacial score (nSPS) is 15.7. The molecule has 2 rings (SSSR count). The van der Waals surface area contributed by atoms with Crippen LogP contribution in [-0.2, 0) is 17.9 Å². The predicted molar refractivity (Wildman–Crippen MR) is 65.2 cm³/mol. The Kier molecular flexibility index (Phi) is 3.98. The third-order valence-electron chi connectivity index (χ3n) is 3.05. The highest BCUT2D eigenvalue weighted by Gasteiger charge is 2.22. The molecular formula is C11H17N5O3. The summed E-state index contributed by atoms with van der Waals surface area (Å²) in [6.45, 7) is 3.86. The zero-order valence-corrected chi connectivity index (χ0v) is 10.7. The summed E-state index contributed by atoms with van der Waals surface area (Å²) in [7, 11) is 0. The van der Waals surface area contributed by atoms with E-state index in [9.17, 15) is 9.59 Å². The summed E-state index contributed by atoms with van der Waals surface area (Å²) in [5.41, 5.74) is 0. The molecule has 1 aromatic heterocycles. The number of carboxylic acid groups (broad SMARTS) is 1. The molecule has 1 aliphatic rings. The fraction of sp³-hybridized carbons (Fsp3) is 0.636. The topological polar surface area (TPSA) is 100 Å². The number of urea groups is 1. The Morgan fingerprint density at radius 3 is 3.05 bits per heavy atom. The monoisotopic (exact) mass is 267 g/mol. The van der Waals surface area contributed by atoms with E-state index in [0.717, 1.165) is 5.82 Å². The third-order valence-corrected chi connectivity index (χ3v) is 3.05. The van der Waals surface area contributed by atoms with Gasteiger partial charge in [0.05, 0.1) is 6.54 Å². The molecule has 0 radical (unpaired) electrons. The number of carbonyl (C=O) groups is 2. The van der Waals surface area contributed by atoms with Gasteiger partial charge in [0.2, 0.25) is 0 Å². The number of aliphatic carboxylic acids is 1. The van der Waals surface area contributed by atoms with E-state index >= 15 is 0 Å². The van der Waals surface area contributed by atoms with Gasteiger partial charge in [0.25, 0.3) is 0 Å². The molecule has 0 bridgehead atoms. The van der Waals surface area contributed by atoms with Crippen molar-refractivity contribution in [1.29, 1.82) is 0 Å². The lowest BCUT2D eigenvalue weighted by atomic mass is 10.1. The van der Waals surface area contributed by atoms with Crippen molar-refractivity contribution in [2.24, 2.45) is 5.92 Å². The van der Waals surface area contributed by atoms with E-state index in [1.807, 2.05) is 4.57 Å². The maximum atomic E-state index is 11.9. The summed E-state index contributed by atoms with van der Waals surface area (Å²) < 4.78 is 1.91. The number of aromatic nitrogens is 3. The molecule has 8 nitrogen and oxygen atoms in total. The molecule has 19 heavy (non-hydrogen) atoms. The van der Waals surface area contributed by atoms with Gasteiger partial charge in [-0.1, -0.05) is 6.92 Å². The number of carbonyl (C=O) groups excluding carboxylic acids is 1. The predicted octanol–water partition coefficient (Wildman–Crippen LogP) is -0.0859. The van der Waals surface area contributed by atoms with E-state index in [-0.39, 0.29) is 18.4 Å². The number of amides is 2. The molecule has 2 N–H and O–H groups in total. The number of rotatable bonds is 4. The summed E-state index contributed by atoms with van der Waals surface area (Å²) in [4.78, 5) is 24.1. The van der Waals surface area contributed by atoms with E-state index in [1.54, 1.807) is 18.2 Å². The van der Waals surface area contributed by atoms with Crippen LogP contribution in [-0.4, -0.2) is 49.9 Å². The molecule has 0 aliphatic carbocycles. The van der Waals surface area contributed by atoms with Crippen LogP contribution in [0.5, 0.6) is 0 Å². The fourth-order valence-corrected chi connectivity index (χ4v) is 1.98. The Morgan fingerprint density at radius 1 is 1.53 bits per heavy atom. The Balaban J connectivity index is 1.80. The quantitative estimate of drug-likeness (QED) is 0.794. The molecule has 8 heteroatoms. The van der Waals surface area contributed by atoms with Gasteiger partial charge in [-0.25, -0.2) is 4.79 Å². The van der Waals surface area contributed by atoms with Gasteiger partial charge in [0.15, 0.2) is 5.82 Å². The minimum atomic E-state index is -0.854. The molecule has 2 amide bonds. The molecule has 1 unspecified atom stereocenters. The number of hydrogen-bond acceptors (Lipinski definition) is 4. The van der Waals surface area contributed by atoms with Gasteiger partial charge in [-0.2, -0.15) is 0 Å². The van der Waals surface area contributed by atoms with E-state index < -0.39 is 5.97 Å². The highest BCUT2D eigenvalue weighted by Crippen LogP contribution is 2.09. The van der Waals surface area contributed by atoms with Gasteiger partial charge in [-0.05, 0) is 5.92 Å². The number of fused-ring (bicyclic) bond motifs is 1. The van der Waals surface area contributed by atoms with E-state index in [2.05, 4.69) is 15.5 Å². The maximum Gasteiger partial charge on any atom is 0.317 e. The molecule has 0 saturated heterocycles. The molecule has 1 aliphatic heterocycles. The Bertz CT molecular complexity index is 473. The van der Waals surface area contributed by atoms with E-state index in [1.165, 1.54) is 0 Å². The van der Waals surface area contributed by atoms with Crippen molar-refractivity contribution in [3.8, 4) is 0 Å². The van der Waals surface area contributed by atoms with Crippen molar-refractivity contribution in [3.63, 3.8) is 0 Å². The second-order valence-electron chi connectivity index (χ2n) is 4.75. The van der Waals surface area contributed by atoms with Crippen LogP contribution < -0.4 is 5.32 Å². The lowest BCUT2D eigenvalue weighted by Gasteiger charge is -2.27. The van der Waals surface area contributed by atoms with Gasteiger partial charge in [-0.15, -0.1) is 10.2 Å². The van der Waals surface area contributed by atoms with Crippen molar-refractivity contribution < 1.29 is 14.7 Å². The van der Waals surface area contributed by atoms with E-state index in [0.29, 0.717) is 26.2 Å². The molecule has 0 fully saturated rings. The smallest absolute Gasteiger partial charge is 0.317 e. The summed E-state index contributed by atoms with van der Waals surface area (Å²) in [6.07, 6.45) is 1.70. The Labute approximate surface area is 110 Å². The van der Waals surface area contributed by atoms with Crippen molar-refractivity contribution >= 4 is 12.0 Å². The Hall–Kier alpha value is -2.12. The van der Waals surface area contributed by atoms with Crippen molar-refractivity contribution in [1.82, 2.24) is 25.0 Å². The first kappa shape index (κ1) is 13.3. The number of carboxylic acids is 1. The first-order chi connectivity index (χ1) is 9.06. The Morgan fingerprint density at radius 2 is 2.32 bits per heavy atom. The number of nitrogens with zero attached hydrogens (tertiary/aromatic N) is 4. The number of hydrogen-bond donors (Lipinski definition) is 2. The molecule has 1 aromatic rings. The SMILES string of the molecule is CC(CNC(=O)N1CCn2cnnc2C1)CC(=O)O. The van der Waals surface area contributed by atoms with Crippen molar-refractivity contribution in [2.75, 3.05) is 13.1 Å². The minimum absolute atomic E-state index is 0.0502. The lowest BCUT2D eigenvalue weighted by Crippen LogP contribution is -2.45. The molecule has 0 saturated carbocycles. The van der Waals surface area contributed by atoms with Gasteiger partial charge in [0, 0.05) is 26.1 Å². The van der Waals surface area contributed by atoms with Crippen LogP contribution in [0.25, 0.3) is 0 Å². The second kappa shape index (κ2) is 5.68. The molecule has 0 spiro atoms. The van der Waals surface area contributed by atoms with E-state index in [4.69, 9.17) is 5.11 Å². The van der Waals surface area contributed by atoms with Gasteiger partial charge >= 0.3 is 12.0 Å². The third kappa shape index (κ3) is 3.43. The van der Waals surface area contributed by atoms with Crippen LogP contribution in [0.1, 0.15) is 19.2 Å². The lowest BCUT2D eigenvalue weighted by molar-refractivity contribution is -0.137. The largest absolute Gasteiger partial charge is 0.481 e. The van der Waals surface area contributed by atoms with Crippen molar-refractivity contribution in [3.05, 3.63) is 12.2 Å². The molecule has 0 aromatic carbocycles. The summed E-state index contributed by atoms with van der Waals surface area (Å²) in [5, 5.41) is 19.1. The van der Waals surface area contributed by atoms with Crippen LogP contribution in [0.3, 0.4) is 0 Å². The van der Waals surface area contributed by atoms with Crippen LogP contribution >= 0.6 is 0 Å². The first-order valence-corrected chi connectivity index (χ1v) is 6.17. The van der Waals surface area contributed by atoms with Gasteiger partial charge < -0.3 is 19.9 Å². The summed E-state index contributed by atoms with van der Waals surface area (Å²) in [6, 6.07) is -0.188. The van der Waals surface area contributed by atoms with Crippen LogP contribution in [0.4, 0.5) is 4.79 Å². The average molecular weight is 267 g/mol. The molecule has 2 heterocycles. The highest BCUT2D eigenvalue weighted by atomic mass is 16.4. The number of nitrogens with one attached hydrogen (secondary N) is 1. The summed E-state index contributed by atoms with van der Waals surface area (Å²) in [5.74, 6) is -0.178. The molecule has 104 valence electrons. The molecule has 1 atom stereocenters. The van der Waals surface area contributed by atoms with Crippen LogP contribution in [0.15, 0.2) is 6.33 Å². The fourth-order valence-electron chi connectivity index (χ4n) is 1.98. The van der Waals surface area contributed by atoms with Crippen LogP contribution in [0, 0.1) is 5.92 Å². The minimum Gasteiger partial charge on any atom is -0.481 e. The molecular weight excluding hydrogens is 250 g/mol. The average Bonchev–Trinajstić information content (AvgIpc) is 2.82. The zero-order chi connectivity index (χ0) is 13.8. The zero-order valence-electron chi connectivity index (χ0n) is 10.7. The highest BCUT2D eigenvalue weighted by molar-refractivity contribution is 5.74. The first-order valence-electron chi connectivity index (χ1n) is 6.17. The van der Waals surface area contributed by atoms with Gasteiger partial charge in [-0.3, -0.25) is 4.79 Å².